The third kappa shape index (κ3) is 1.71. The fourth-order valence-corrected chi connectivity index (χ4v) is 3.63. The molecule has 3 heteroatoms. The van der Waals surface area contributed by atoms with Crippen molar-refractivity contribution in [1.29, 1.82) is 0 Å². The van der Waals surface area contributed by atoms with Crippen molar-refractivity contribution in [3.63, 3.8) is 0 Å². The second-order valence-electron chi connectivity index (χ2n) is 4.82. The number of fused-ring (bicyclic) bond motifs is 3. The SMILES string of the molecule is O=C(c1ccccc1)c1nc2c(s1)Cc1ccccc1-2. The number of aromatic nitrogens is 1. The lowest BCUT2D eigenvalue weighted by Gasteiger charge is -1.98. The number of hydrogen-bond donors (Lipinski definition) is 0. The zero-order chi connectivity index (χ0) is 13.5. The zero-order valence-electron chi connectivity index (χ0n) is 10.7. The normalized spacial score (nSPS) is 12.0. The summed E-state index contributed by atoms with van der Waals surface area (Å²) in [6.07, 6.45) is 0.894. The van der Waals surface area contributed by atoms with Crippen molar-refractivity contribution in [2.75, 3.05) is 0 Å². The van der Waals surface area contributed by atoms with Crippen LogP contribution in [0.3, 0.4) is 0 Å². The number of benzene rings is 2. The minimum Gasteiger partial charge on any atom is -0.286 e. The predicted octanol–water partition coefficient (Wildman–Crippen LogP) is 3.95. The lowest BCUT2D eigenvalue weighted by atomic mass is 10.1. The molecule has 4 rings (SSSR count). The first-order valence-corrected chi connectivity index (χ1v) is 7.32. The van der Waals surface area contributed by atoms with Crippen LogP contribution in [0, 0.1) is 0 Å². The molecule has 0 radical (unpaired) electrons. The van der Waals surface area contributed by atoms with E-state index in [0.29, 0.717) is 10.6 Å². The first-order valence-electron chi connectivity index (χ1n) is 6.50. The molecule has 0 spiro atoms. The van der Waals surface area contributed by atoms with Gasteiger partial charge < -0.3 is 0 Å². The summed E-state index contributed by atoms with van der Waals surface area (Å²) in [5.41, 5.74) is 4.17. The minimum absolute atomic E-state index is 0.0162. The highest BCUT2D eigenvalue weighted by Gasteiger charge is 2.25. The smallest absolute Gasteiger partial charge is 0.221 e. The highest BCUT2D eigenvalue weighted by molar-refractivity contribution is 7.14. The molecule has 2 aromatic carbocycles. The monoisotopic (exact) mass is 277 g/mol. The number of hydrogen-bond acceptors (Lipinski definition) is 3. The van der Waals surface area contributed by atoms with E-state index in [9.17, 15) is 4.79 Å². The molecule has 0 N–H and O–H groups in total. The summed E-state index contributed by atoms with van der Waals surface area (Å²) in [6, 6.07) is 17.6. The third-order valence-corrected chi connectivity index (χ3v) is 4.61. The summed E-state index contributed by atoms with van der Waals surface area (Å²) in [4.78, 5) is 18.2. The van der Waals surface area contributed by atoms with Crippen LogP contribution in [0.4, 0.5) is 0 Å². The molecule has 0 amide bonds. The average Bonchev–Trinajstić information content (AvgIpc) is 3.05. The molecule has 20 heavy (non-hydrogen) atoms. The number of nitrogens with zero attached hydrogens (tertiary/aromatic N) is 1. The van der Waals surface area contributed by atoms with E-state index in [2.05, 4.69) is 17.1 Å². The maximum absolute atomic E-state index is 12.4. The maximum Gasteiger partial charge on any atom is 0.221 e. The van der Waals surface area contributed by atoms with Crippen molar-refractivity contribution >= 4 is 17.1 Å². The van der Waals surface area contributed by atoms with Crippen LogP contribution in [-0.4, -0.2) is 10.8 Å². The Bertz CT molecular complexity index is 805. The Labute approximate surface area is 120 Å². The van der Waals surface area contributed by atoms with Crippen molar-refractivity contribution < 1.29 is 4.79 Å². The Hall–Kier alpha value is -2.26. The summed E-state index contributed by atoms with van der Waals surface area (Å²) in [7, 11) is 0. The van der Waals surface area contributed by atoms with Gasteiger partial charge in [0.15, 0.2) is 5.01 Å². The number of thiazole rings is 1. The second kappa shape index (κ2) is 4.39. The van der Waals surface area contributed by atoms with Crippen molar-refractivity contribution in [3.05, 3.63) is 75.6 Å². The van der Waals surface area contributed by atoms with E-state index >= 15 is 0 Å². The van der Waals surface area contributed by atoms with Gasteiger partial charge in [-0.05, 0) is 5.56 Å². The molecule has 0 aliphatic heterocycles. The van der Waals surface area contributed by atoms with Crippen LogP contribution >= 0.6 is 11.3 Å². The molecule has 3 aromatic rings. The van der Waals surface area contributed by atoms with Crippen molar-refractivity contribution in [2.45, 2.75) is 6.42 Å². The van der Waals surface area contributed by atoms with Gasteiger partial charge in [0.05, 0.1) is 5.69 Å². The molecule has 2 nitrogen and oxygen atoms in total. The van der Waals surface area contributed by atoms with Gasteiger partial charge in [0.1, 0.15) is 0 Å². The van der Waals surface area contributed by atoms with Crippen molar-refractivity contribution in [3.8, 4) is 11.3 Å². The lowest BCUT2D eigenvalue weighted by molar-refractivity contribution is 0.103. The molecule has 0 saturated heterocycles. The van der Waals surface area contributed by atoms with Crippen LogP contribution in [0.5, 0.6) is 0 Å². The summed E-state index contributed by atoms with van der Waals surface area (Å²) in [6.45, 7) is 0. The van der Waals surface area contributed by atoms with E-state index in [1.54, 1.807) is 0 Å². The van der Waals surface area contributed by atoms with Gasteiger partial charge in [0.25, 0.3) is 0 Å². The summed E-state index contributed by atoms with van der Waals surface area (Å²) in [5, 5.41) is 0.593. The molecule has 96 valence electrons. The topological polar surface area (TPSA) is 30.0 Å². The number of carbonyl (C=O) groups excluding carboxylic acids is 1. The summed E-state index contributed by atoms with van der Waals surface area (Å²) >= 11 is 1.52. The Balaban J connectivity index is 1.77. The van der Waals surface area contributed by atoms with Crippen molar-refractivity contribution in [2.24, 2.45) is 0 Å². The van der Waals surface area contributed by atoms with E-state index in [-0.39, 0.29) is 5.78 Å². The molecule has 1 heterocycles. The van der Waals surface area contributed by atoms with E-state index in [4.69, 9.17) is 0 Å². The van der Waals surface area contributed by atoms with Gasteiger partial charge in [0, 0.05) is 22.4 Å². The van der Waals surface area contributed by atoms with Gasteiger partial charge in [-0.25, -0.2) is 4.98 Å². The molecule has 0 saturated carbocycles. The van der Waals surface area contributed by atoms with Gasteiger partial charge in [-0.2, -0.15) is 0 Å². The molecule has 0 fully saturated rings. The molecule has 1 aromatic heterocycles. The second-order valence-corrected chi connectivity index (χ2v) is 5.90. The zero-order valence-corrected chi connectivity index (χ0v) is 11.5. The minimum atomic E-state index is 0.0162. The molecular weight excluding hydrogens is 266 g/mol. The largest absolute Gasteiger partial charge is 0.286 e. The van der Waals surface area contributed by atoms with E-state index < -0.39 is 0 Å². The van der Waals surface area contributed by atoms with Gasteiger partial charge in [0.2, 0.25) is 5.78 Å². The molecular formula is C17H11NOS. The Morgan fingerprint density at radius 3 is 2.60 bits per heavy atom. The molecule has 1 aliphatic rings. The van der Waals surface area contributed by atoms with Gasteiger partial charge >= 0.3 is 0 Å². The Morgan fingerprint density at radius 1 is 1.00 bits per heavy atom. The maximum atomic E-state index is 12.4. The molecule has 0 bridgehead atoms. The Morgan fingerprint density at radius 2 is 1.75 bits per heavy atom. The van der Waals surface area contributed by atoms with Crippen LogP contribution in [-0.2, 0) is 6.42 Å². The fourth-order valence-electron chi connectivity index (χ4n) is 2.57. The van der Waals surface area contributed by atoms with Gasteiger partial charge in [-0.3, -0.25) is 4.79 Å². The molecule has 0 atom stereocenters. The number of carbonyl (C=O) groups is 1. The van der Waals surface area contributed by atoms with Gasteiger partial charge in [-0.1, -0.05) is 54.6 Å². The molecule has 1 aliphatic carbocycles. The highest BCUT2D eigenvalue weighted by Crippen LogP contribution is 2.39. The van der Waals surface area contributed by atoms with Gasteiger partial charge in [-0.15, -0.1) is 11.3 Å². The van der Waals surface area contributed by atoms with E-state index in [0.717, 1.165) is 12.1 Å². The van der Waals surface area contributed by atoms with Crippen molar-refractivity contribution in [1.82, 2.24) is 4.98 Å². The average molecular weight is 277 g/mol. The predicted molar refractivity (Wildman–Crippen MR) is 80.2 cm³/mol. The van der Waals surface area contributed by atoms with Crippen LogP contribution < -0.4 is 0 Å². The third-order valence-electron chi connectivity index (χ3n) is 3.55. The Kier molecular flexibility index (Phi) is 2.54. The highest BCUT2D eigenvalue weighted by atomic mass is 32.1. The summed E-state index contributed by atoms with van der Waals surface area (Å²) in [5.74, 6) is 0.0162. The first-order chi connectivity index (χ1) is 9.83. The van der Waals surface area contributed by atoms with Crippen LogP contribution in [0.15, 0.2) is 54.6 Å². The quantitative estimate of drug-likeness (QED) is 0.519. The lowest BCUT2D eigenvalue weighted by Crippen LogP contribution is -2.00. The standard InChI is InChI=1S/C17H11NOS/c19-16(11-6-2-1-3-7-11)17-18-15-13-9-5-4-8-12(13)10-14(15)20-17/h1-9H,10H2. The van der Waals surface area contributed by atoms with Crippen LogP contribution in [0.1, 0.15) is 25.8 Å². The molecule has 0 unspecified atom stereocenters. The van der Waals surface area contributed by atoms with E-state index in [1.165, 1.54) is 27.3 Å². The first kappa shape index (κ1) is 11.6. The van der Waals surface area contributed by atoms with E-state index in [1.807, 2.05) is 42.5 Å². The summed E-state index contributed by atoms with van der Waals surface area (Å²) < 4.78 is 0. The van der Waals surface area contributed by atoms with Crippen LogP contribution in [0.2, 0.25) is 0 Å². The number of rotatable bonds is 2. The fraction of sp³-hybridized carbons (Fsp3) is 0.0588. The number of ketones is 1. The van der Waals surface area contributed by atoms with Crippen LogP contribution in [0.25, 0.3) is 11.3 Å².